The van der Waals surface area contributed by atoms with Gasteiger partial charge in [-0.1, -0.05) is 42.5 Å². The van der Waals surface area contributed by atoms with Crippen LogP contribution in [0.5, 0.6) is 5.75 Å². The Bertz CT molecular complexity index is 1100. The Morgan fingerprint density at radius 1 is 1.04 bits per heavy atom. The molecule has 5 heteroatoms. The molecule has 4 nitrogen and oxygen atoms in total. The molecule has 0 saturated heterocycles. The number of carbonyl (C=O) groups excluding carboxylic acids is 1. The van der Waals surface area contributed by atoms with E-state index in [1.54, 1.807) is 18.4 Å². The molecule has 140 valence electrons. The van der Waals surface area contributed by atoms with Crippen LogP contribution in [-0.4, -0.2) is 18.0 Å². The Labute approximate surface area is 167 Å². The molecule has 0 fully saturated rings. The van der Waals surface area contributed by atoms with Gasteiger partial charge in [-0.05, 0) is 40.6 Å². The van der Waals surface area contributed by atoms with E-state index in [9.17, 15) is 4.79 Å². The van der Waals surface area contributed by atoms with Gasteiger partial charge in [0.25, 0.3) is 0 Å². The molecule has 1 aromatic heterocycles. The van der Waals surface area contributed by atoms with Crippen LogP contribution >= 0.6 is 11.3 Å². The van der Waals surface area contributed by atoms with Crippen LogP contribution in [0.4, 0.5) is 0 Å². The van der Waals surface area contributed by atoms with E-state index in [1.807, 2.05) is 53.9 Å². The zero-order chi connectivity index (χ0) is 19.3. The van der Waals surface area contributed by atoms with E-state index < -0.39 is 0 Å². The van der Waals surface area contributed by atoms with Crippen molar-refractivity contribution in [1.29, 1.82) is 0 Å². The molecule has 0 bridgehead atoms. The van der Waals surface area contributed by atoms with E-state index in [0.29, 0.717) is 13.0 Å². The maximum atomic E-state index is 12.4. The number of fused-ring (bicyclic) bond motifs is 1. The van der Waals surface area contributed by atoms with Crippen LogP contribution in [0.2, 0.25) is 0 Å². The fourth-order valence-corrected chi connectivity index (χ4v) is 3.95. The molecule has 4 rings (SSSR count). The number of thiazole rings is 1. The number of nitrogens with zero attached hydrogens (tertiary/aromatic N) is 1. The highest BCUT2D eigenvalue weighted by Gasteiger charge is 2.09. The third-order valence-corrected chi connectivity index (χ3v) is 5.53. The first-order valence-corrected chi connectivity index (χ1v) is 9.93. The predicted octanol–water partition coefficient (Wildman–Crippen LogP) is 4.83. The van der Waals surface area contributed by atoms with Crippen molar-refractivity contribution >= 4 is 28.0 Å². The molecule has 3 aromatic carbocycles. The van der Waals surface area contributed by atoms with Gasteiger partial charge in [-0.15, -0.1) is 11.3 Å². The van der Waals surface area contributed by atoms with Crippen LogP contribution in [0.1, 0.15) is 11.3 Å². The van der Waals surface area contributed by atoms with Gasteiger partial charge in [0, 0.05) is 10.9 Å². The van der Waals surface area contributed by atoms with Crippen molar-refractivity contribution in [2.45, 2.75) is 13.0 Å². The third-order valence-electron chi connectivity index (χ3n) is 4.59. The Morgan fingerprint density at radius 3 is 2.64 bits per heavy atom. The summed E-state index contributed by atoms with van der Waals surface area (Å²) in [6.45, 7) is 0.427. The van der Waals surface area contributed by atoms with Gasteiger partial charge in [0.2, 0.25) is 5.91 Å². The van der Waals surface area contributed by atoms with E-state index >= 15 is 0 Å². The number of rotatable bonds is 6. The van der Waals surface area contributed by atoms with Gasteiger partial charge in [-0.2, -0.15) is 0 Å². The molecule has 0 radical (unpaired) electrons. The molecule has 0 aliphatic heterocycles. The van der Waals surface area contributed by atoms with Crippen molar-refractivity contribution in [1.82, 2.24) is 10.3 Å². The first-order chi connectivity index (χ1) is 13.7. The maximum Gasteiger partial charge on any atom is 0.224 e. The summed E-state index contributed by atoms with van der Waals surface area (Å²) < 4.78 is 5.19. The molecule has 0 spiro atoms. The minimum Gasteiger partial charge on any atom is -0.497 e. The molecular formula is C23H20N2O2S. The largest absolute Gasteiger partial charge is 0.497 e. The topological polar surface area (TPSA) is 51.2 Å². The highest BCUT2D eigenvalue weighted by molar-refractivity contribution is 7.13. The van der Waals surface area contributed by atoms with Crippen molar-refractivity contribution in [2.75, 3.05) is 7.11 Å². The standard InChI is InChI=1S/C23H20N2O2S/c1-27-20-11-9-17(10-12-20)23-25-19(15-28-23)14-24-22(26)13-18-7-4-6-16-5-2-3-8-21(16)18/h2-12,15H,13-14H2,1H3,(H,24,26). The number of amides is 1. The molecule has 0 aliphatic carbocycles. The second kappa shape index (κ2) is 8.23. The summed E-state index contributed by atoms with van der Waals surface area (Å²) in [7, 11) is 1.65. The monoisotopic (exact) mass is 388 g/mol. The average Bonchev–Trinajstić information content (AvgIpc) is 3.22. The smallest absolute Gasteiger partial charge is 0.224 e. The molecule has 1 N–H and O–H groups in total. The van der Waals surface area contributed by atoms with Crippen LogP contribution in [0.15, 0.2) is 72.1 Å². The molecule has 4 aromatic rings. The van der Waals surface area contributed by atoms with E-state index in [0.717, 1.165) is 38.4 Å². The fourth-order valence-electron chi connectivity index (χ4n) is 3.13. The van der Waals surface area contributed by atoms with Gasteiger partial charge in [0.1, 0.15) is 10.8 Å². The predicted molar refractivity (Wildman–Crippen MR) is 114 cm³/mol. The zero-order valence-electron chi connectivity index (χ0n) is 15.5. The number of aromatic nitrogens is 1. The summed E-state index contributed by atoms with van der Waals surface area (Å²) in [6, 6.07) is 22.0. The van der Waals surface area contributed by atoms with Gasteiger partial charge >= 0.3 is 0 Å². The number of benzene rings is 3. The molecule has 1 heterocycles. The molecule has 0 saturated carbocycles. The molecule has 0 unspecified atom stereocenters. The summed E-state index contributed by atoms with van der Waals surface area (Å²) >= 11 is 1.57. The molecule has 1 amide bonds. The summed E-state index contributed by atoms with van der Waals surface area (Å²) in [5, 5.41) is 8.17. The van der Waals surface area contributed by atoms with E-state index in [1.165, 1.54) is 0 Å². The number of nitrogens with one attached hydrogen (secondary N) is 1. The normalized spacial score (nSPS) is 10.8. The van der Waals surface area contributed by atoms with Gasteiger partial charge in [0.05, 0.1) is 25.8 Å². The van der Waals surface area contributed by atoms with E-state index in [-0.39, 0.29) is 5.91 Å². The lowest BCUT2D eigenvalue weighted by atomic mass is 10.0. The first-order valence-electron chi connectivity index (χ1n) is 9.05. The van der Waals surface area contributed by atoms with Crippen LogP contribution in [0, 0.1) is 0 Å². The summed E-state index contributed by atoms with van der Waals surface area (Å²) in [4.78, 5) is 17.1. The first kappa shape index (κ1) is 18.2. The quantitative estimate of drug-likeness (QED) is 0.515. The highest BCUT2D eigenvalue weighted by atomic mass is 32.1. The van der Waals surface area contributed by atoms with Crippen LogP contribution in [0.3, 0.4) is 0 Å². The van der Waals surface area contributed by atoms with E-state index in [4.69, 9.17) is 4.74 Å². The van der Waals surface area contributed by atoms with Crippen LogP contribution < -0.4 is 10.1 Å². The Morgan fingerprint density at radius 2 is 1.82 bits per heavy atom. The van der Waals surface area contributed by atoms with E-state index in [2.05, 4.69) is 28.5 Å². The fraction of sp³-hybridized carbons (Fsp3) is 0.130. The van der Waals surface area contributed by atoms with Crippen LogP contribution in [0.25, 0.3) is 21.3 Å². The lowest BCUT2D eigenvalue weighted by Crippen LogP contribution is -2.24. The Balaban J connectivity index is 1.39. The Kier molecular flexibility index (Phi) is 5.35. The van der Waals surface area contributed by atoms with Crippen molar-refractivity contribution < 1.29 is 9.53 Å². The van der Waals surface area contributed by atoms with Gasteiger partial charge in [0.15, 0.2) is 0 Å². The number of methoxy groups -OCH3 is 1. The minimum absolute atomic E-state index is 0.00431. The van der Waals surface area contributed by atoms with Crippen molar-refractivity contribution in [3.05, 3.63) is 83.4 Å². The number of hydrogen-bond donors (Lipinski definition) is 1. The van der Waals surface area contributed by atoms with Gasteiger partial charge in [-0.25, -0.2) is 4.98 Å². The summed E-state index contributed by atoms with van der Waals surface area (Å²) in [5.41, 5.74) is 2.94. The minimum atomic E-state index is -0.00431. The van der Waals surface area contributed by atoms with Gasteiger partial charge < -0.3 is 10.1 Å². The molecule has 0 aliphatic rings. The molecule has 28 heavy (non-hydrogen) atoms. The average molecular weight is 388 g/mol. The zero-order valence-corrected chi connectivity index (χ0v) is 16.3. The number of hydrogen-bond acceptors (Lipinski definition) is 4. The summed E-state index contributed by atoms with van der Waals surface area (Å²) in [5.74, 6) is 0.816. The van der Waals surface area contributed by atoms with Crippen molar-refractivity contribution in [3.8, 4) is 16.3 Å². The second-order valence-electron chi connectivity index (χ2n) is 6.46. The lowest BCUT2D eigenvalue weighted by molar-refractivity contribution is -0.120. The number of carbonyl (C=O) groups is 1. The lowest BCUT2D eigenvalue weighted by Gasteiger charge is -2.07. The van der Waals surface area contributed by atoms with Crippen molar-refractivity contribution in [2.24, 2.45) is 0 Å². The number of ether oxygens (including phenoxy) is 1. The summed E-state index contributed by atoms with van der Waals surface area (Å²) in [6.07, 6.45) is 0.358. The highest BCUT2D eigenvalue weighted by Crippen LogP contribution is 2.25. The maximum absolute atomic E-state index is 12.4. The SMILES string of the molecule is COc1ccc(-c2nc(CNC(=O)Cc3cccc4ccccc34)cs2)cc1. The molecular weight excluding hydrogens is 368 g/mol. The van der Waals surface area contributed by atoms with Gasteiger partial charge in [-0.3, -0.25) is 4.79 Å². The Hall–Kier alpha value is -3.18. The third kappa shape index (κ3) is 4.05. The van der Waals surface area contributed by atoms with Crippen LogP contribution in [-0.2, 0) is 17.8 Å². The van der Waals surface area contributed by atoms with Crippen molar-refractivity contribution in [3.63, 3.8) is 0 Å². The second-order valence-corrected chi connectivity index (χ2v) is 7.32. The molecule has 0 atom stereocenters.